The van der Waals surface area contributed by atoms with Crippen LogP contribution in [0.25, 0.3) is 0 Å². The maximum atomic E-state index is 11.8. The van der Waals surface area contributed by atoms with E-state index in [1.54, 1.807) is 25.1 Å². The van der Waals surface area contributed by atoms with Crippen molar-refractivity contribution in [3.8, 4) is 0 Å². The number of benzene rings is 1. The summed E-state index contributed by atoms with van der Waals surface area (Å²) in [5, 5.41) is 11.5. The van der Waals surface area contributed by atoms with Crippen LogP contribution in [0.15, 0.2) is 24.3 Å². The van der Waals surface area contributed by atoms with Crippen molar-refractivity contribution in [1.82, 2.24) is 5.32 Å². The van der Waals surface area contributed by atoms with Gasteiger partial charge in [0.15, 0.2) is 0 Å². The zero-order chi connectivity index (χ0) is 15.3. The molecule has 1 unspecified atom stereocenters. The number of nitrogens with one attached hydrogen (secondary N) is 1. The van der Waals surface area contributed by atoms with Crippen LogP contribution in [0.2, 0.25) is 0 Å². The second kappa shape index (κ2) is 6.51. The summed E-state index contributed by atoms with van der Waals surface area (Å²) in [7, 11) is -3.17. The number of hydrogen-bond donors (Lipinski definition) is 2. The van der Waals surface area contributed by atoms with Crippen molar-refractivity contribution >= 4 is 21.7 Å². The SMILES string of the molecule is CC(CS(C)(=O)=O)NC(=O)Cc1ccccc1C(=O)O. The van der Waals surface area contributed by atoms with Crippen molar-refractivity contribution in [1.29, 1.82) is 0 Å². The zero-order valence-electron chi connectivity index (χ0n) is 11.3. The molecule has 0 aliphatic carbocycles. The van der Waals surface area contributed by atoms with E-state index in [2.05, 4.69) is 5.32 Å². The smallest absolute Gasteiger partial charge is 0.335 e. The third kappa shape index (κ3) is 5.40. The van der Waals surface area contributed by atoms with Crippen LogP contribution in [0.1, 0.15) is 22.8 Å². The van der Waals surface area contributed by atoms with Crippen molar-refractivity contribution in [3.63, 3.8) is 0 Å². The number of aromatic carboxylic acids is 1. The van der Waals surface area contributed by atoms with E-state index in [-0.39, 0.29) is 17.7 Å². The predicted molar refractivity (Wildman–Crippen MR) is 74.4 cm³/mol. The van der Waals surface area contributed by atoms with Crippen molar-refractivity contribution in [3.05, 3.63) is 35.4 Å². The number of amides is 1. The Kier molecular flexibility index (Phi) is 5.26. The average Bonchev–Trinajstić information content (AvgIpc) is 2.26. The molecule has 0 aliphatic heterocycles. The fourth-order valence-corrected chi connectivity index (χ4v) is 2.87. The third-order valence-corrected chi connectivity index (χ3v) is 3.66. The van der Waals surface area contributed by atoms with Gasteiger partial charge in [-0.3, -0.25) is 4.79 Å². The van der Waals surface area contributed by atoms with Gasteiger partial charge in [-0.1, -0.05) is 18.2 Å². The molecule has 6 nitrogen and oxygen atoms in total. The Labute approximate surface area is 117 Å². The van der Waals surface area contributed by atoms with Gasteiger partial charge in [0.05, 0.1) is 17.7 Å². The van der Waals surface area contributed by atoms with Gasteiger partial charge < -0.3 is 10.4 Å². The fraction of sp³-hybridized carbons (Fsp3) is 0.385. The lowest BCUT2D eigenvalue weighted by Gasteiger charge is -2.13. The molecule has 0 radical (unpaired) electrons. The monoisotopic (exact) mass is 299 g/mol. The maximum Gasteiger partial charge on any atom is 0.335 e. The minimum atomic E-state index is -3.17. The van der Waals surface area contributed by atoms with Crippen LogP contribution in [0.4, 0.5) is 0 Å². The third-order valence-electron chi connectivity index (χ3n) is 2.56. The quantitative estimate of drug-likeness (QED) is 0.795. The Morgan fingerprint density at radius 3 is 2.45 bits per heavy atom. The molecular weight excluding hydrogens is 282 g/mol. The van der Waals surface area contributed by atoms with E-state index in [0.29, 0.717) is 5.56 Å². The Balaban J connectivity index is 2.70. The molecule has 1 rings (SSSR count). The van der Waals surface area contributed by atoms with Crippen LogP contribution >= 0.6 is 0 Å². The molecule has 7 heteroatoms. The lowest BCUT2D eigenvalue weighted by atomic mass is 10.0. The lowest BCUT2D eigenvalue weighted by molar-refractivity contribution is -0.120. The number of carboxylic acids is 1. The molecule has 1 aromatic rings. The summed E-state index contributed by atoms with van der Waals surface area (Å²) in [4.78, 5) is 22.8. The highest BCUT2D eigenvalue weighted by Gasteiger charge is 2.16. The summed E-state index contributed by atoms with van der Waals surface area (Å²) in [6, 6.07) is 5.69. The van der Waals surface area contributed by atoms with Gasteiger partial charge in [0, 0.05) is 12.3 Å². The molecule has 0 aromatic heterocycles. The minimum Gasteiger partial charge on any atom is -0.478 e. The van der Waals surface area contributed by atoms with Gasteiger partial charge in [0.1, 0.15) is 9.84 Å². The highest BCUT2D eigenvalue weighted by atomic mass is 32.2. The molecule has 0 saturated heterocycles. The standard InChI is InChI=1S/C13H17NO5S/c1-9(8-20(2,18)19)14-12(15)7-10-5-3-4-6-11(10)13(16)17/h3-6,9H,7-8H2,1-2H3,(H,14,15)(H,16,17). The molecule has 1 atom stereocenters. The topological polar surface area (TPSA) is 101 Å². The normalized spacial score (nSPS) is 12.7. The first kappa shape index (κ1) is 16.2. The molecule has 1 amide bonds. The van der Waals surface area contributed by atoms with E-state index < -0.39 is 27.8 Å². The van der Waals surface area contributed by atoms with E-state index in [1.807, 2.05) is 0 Å². The number of carbonyl (C=O) groups is 2. The van der Waals surface area contributed by atoms with Crippen LogP contribution in [0.3, 0.4) is 0 Å². The van der Waals surface area contributed by atoms with Gasteiger partial charge in [0.25, 0.3) is 0 Å². The molecule has 0 saturated carbocycles. The molecule has 0 spiro atoms. The van der Waals surface area contributed by atoms with E-state index >= 15 is 0 Å². The van der Waals surface area contributed by atoms with Crippen LogP contribution in [0.5, 0.6) is 0 Å². The highest BCUT2D eigenvalue weighted by Crippen LogP contribution is 2.09. The van der Waals surface area contributed by atoms with E-state index in [4.69, 9.17) is 5.11 Å². The molecule has 0 aliphatic rings. The van der Waals surface area contributed by atoms with Gasteiger partial charge in [-0.25, -0.2) is 13.2 Å². The van der Waals surface area contributed by atoms with Crippen LogP contribution < -0.4 is 5.32 Å². The lowest BCUT2D eigenvalue weighted by Crippen LogP contribution is -2.38. The number of carboxylic acid groups (broad SMARTS) is 1. The number of rotatable bonds is 6. The molecule has 0 fully saturated rings. The molecule has 2 N–H and O–H groups in total. The fourth-order valence-electron chi connectivity index (χ4n) is 1.88. The summed E-state index contributed by atoms with van der Waals surface area (Å²) >= 11 is 0. The largest absolute Gasteiger partial charge is 0.478 e. The number of carbonyl (C=O) groups excluding carboxylic acids is 1. The molecule has 1 aromatic carbocycles. The number of hydrogen-bond acceptors (Lipinski definition) is 4. The van der Waals surface area contributed by atoms with E-state index in [0.717, 1.165) is 6.26 Å². The predicted octanol–water partition coefficient (Wildman–Crippen LogP) is 0.477. The van der Waals surface area contributed by atoms with Crippen molar-refractivity contribution in [2.45, 2.75) is 19.4 Å². The van der Waals surface area contributed by atoms with Gasteiger partial charge in [-0.2, -0.15) is 0 Å². The average molecular weight is 299 g/mol. The van der Waals surface area contributed by atoms with Crippen LogP contribution in [-0.2, 0) is 21.1 Å². The molecule has 0 heterocycles. The van der Waals surface area contributed by atoms with E-state index in [9.17, 15) is 18.0 Å². The summed E-state index contributed by atoms with van der Waals surface area (Å²) in [5.41, 5.74) is 0.461. The Morgan fingerprint density at radius 1 is 1.30 bits per heavy atom. The van der Waals surface area contributed by atoms with Gasteiger partial charge in [-0.15, -0.1) is 0 Å². The molecular formula is C13H17NO5S. The van der Waals surface area contributed by atoms with Gasteiger partial charge in [-0.05, 0) is 18.6 Å². The minimum absolute atomic E-state index is 0.0680. The first-order valence-electron chi connectivity index (χ1n) is 5.97. The van der Waals surface area contributed by atoms with Crippen molar-refractivity contribution < 1.29 is 23.1 Å². The Bertz CT molecular complexity index is 609. The zero-order valence-corrected chi connectivity index (χ0v) is 12.1. The Hall–Kier alpha value is -1.89. The summed E-state index contributed by atoms with van der Waals surface area (Å²) in [6.07, 6.45) is 0.992. The maximum absolute atomic E-state index is 11.8. The highest BCUT2D eigenvalue weighted by molar-refractivity contribution is 7.90. The Morgan fingerprint density at radius 2 is 1.90 bits per heavy atom. The first-order chi connectivity index (χ1) is 9.19. The summed E-state index contributed by atoms with van der Waals surface area (Å²) in [5.74, 6) is -1.66. The second-order valence-corrected chi connectivity index (χ2v) is 6.88. The second-order valence-electron chi connectivity index (χ2n) is 4.70. The number of sulfone groups is 1. The van der Waals surface area contributed by atoms with Crippen LogP contribution in [0, 0.1) is 0 Å². The molecule has 0 bridgehead atoms. The van der Waals surface area contributed by atoms with Gasteiger partial charge >= 0.3 is 5.97 Å². The first-order valence-corrected chi connectivity index (χ1v) is 8.03. The summed E-state index contributed by atoms with van der Waals surface area (Å²) < 4.78 is 22.2. The van der Waals surface area contributed by atoms with Crippen molar-refractivity contribution in [2.75, 3.05) is 12.0 Å². The van der Waals surface area contributed by atoms with E-state index in [1.165, 1.54) is 6.07 Å². The van der Waals surface area contributed by atoms with Gasteiger partial charge in [0.2, 0.25) is 5.91 Å². The van der Waals surface area contributed by atoms with Crippen molar-refractivity contribution in [2.24, 2.45) is 0 Å². The molecule has 20 heavy (non-hydrogen) atoms. The molecule has 110 valence electrons. The summed E-state index contributed by atoms with van der Waals surface area (Å²) in [6.45, 7) is 1.59. The van der Waals surface area contributed by atoms with Crippen LogP contribution in [-0.4, -0.2) is 43.5 Å².